The van der Waals surface area contributed by atoms with E-state index in [1.807, 2.05) is 0 Å². The van der Waals surface area contributed by atoms with Crippen molar-refractivity contribution in [3.8, 4) is 5.75 Å². The largest absolute Gasteiger partial charge is 0.480 e. The van der Waals surface area contributed by atoms with Crippen LogP contribution in [0.4, 0.5) is 0 Å². The lowest BCUT2D eigenvalue weighted by molar-refractivity contribution is -0.149. The first-order chi connectivity index (χ1) is 7.08. The molecule has 0 aromatic carbocycles. The van der Waals surface area contributed by atoms with Gasteiger partial charge in [0.1, 0.15) is 5.75 Å². The van der Waals surface area contributed by atoms with Gasteiger partial charge in [-0.1, -0.05) is 0 Å². The van der Waals surface area contributed by atoms with Crippen LogP contribution in [0.2, 0.25) is 0 Å². The van der Waals surface area contributed by atoms with E-state index in [1.165, 1.54) is 6.20 Å². The highest BCUT2D eigenvalue weighted by Crippen LogP contribution is 2.15. The molecular formula is C10H12BrNO3. The predicted molar refractivity (Wildman–Crippen MR) is 58.7 cm³/mol. The molecule has 1 aromatic rings. The van der Waals surface area contributed by atoms with E-state index in [4.69, 9.17) is 9.47 Å². The second-order valence-electron chi connectivity index (χ2n) is 3.17. The molecule has 0 saturated heterocycles. The van der Waals surface area contributed by atoms with Gasteiger partial charge in [-0.05, 0) is 35.8 Å². The summed E-state index contributed by atoms with van der Waals surface area (Å²) in [5.74, 6) is 0.148. The second-order valence-corrected chi connectivity index (χ2v) is 4.08. The number of esters is 1. The van der Waals surface area contributed by atoms with Crippen LogP contribution in [0.3, 0.4) is 0 Å². The summed E-state index contributed by atoms with van der Waals surface area (Å²) >= 11 is 3.25. The summed E-state index contributed by atoms with van der Waals surface area (Å²) < 4.78 is 10.9. The third kappa shape index (κ3) is 4.78. The minimum Gasteiger partial charge on any atom is -0.480 e. The van der Waals surface area contributed by atoms with E-state index in [0.29, 0.717) is 5.75 Å². The molecule has 0 unspecified atom stereocenters. The van der Waals surface area contributed by atoms with Crippen molar-refractivity contribution in [2.24, 2.45) is 0 Å². The molecule has 0 aliphatic carbocycles. The molecule has 0 N–H and O–H groups in total. The second kappa shape index (κ2) is 5.70. The van der Waals surface area contributed by atoms with Crippen LogP contribution in [0.5, 0.6) is 5.75 Å². The van der Waals surface area contributed by atoms with Crippen LogP contribution in [0, 0.1) is 0 Å². The number of ether oxygens (including phenoxy) is 2. The Bertz CT molecular complexity index is 341. The minimum atomic E-state index is -0.384. The van der Waals surface area contributed by atoms with Crippen molar-refractivity contribution in [3.63, 3.8) is 0 Å². The third-order valence-corrected chi connectivity index (χ3v) is 1.84. The summed E-state index contributed by atoms with van der Waals surface area (Å²) in [5.41, 5.74) is 0. The van der Waals surface area contributed by atoms with Crippen molar-refractivity contribution in [2.45, 2.75) is 20.0 Å². The standard InChI is InChI=1S/C10H12BrNO3/c1-7(2)15-10(13)6-14-9-3-8(11)4-12-5-9/h3-5,7H,6H2,1-2H3. The number of rotatable bonds is 4. The topological polar surface area (TPSA) is 48.4 Å². The van der Waals surface area contributed by atoms with Gasteiger partial charge in [-0.25, -0.2) is 4.79 Å². The summed E-state index contributed by atoms with van der Waals surface area (Å²) in [6, 6.07) is 1.73. The molecule has 4 nitrogen and oxygen atoms in total. The first-order valence-electron chi connectivity index (χ1n) is 4.51. The zero-order chi connectivity index (χ0) is 11.3. The summed E-state index contributed by atoms with van der Waals surface area (Å²) in [5, 5.41) is 0. The van der Waals surface area contributed by atoms with E-state index in [1.54, 1.807) is 26.1 Å². The molecule has 5 heteroatoms. The van der Waals surface area contributed by atoms with Crippen LogP contribution in [-0.2, 0) is 9.53 Å². The van der Waals surface area contributed by atoms with Crippen molar-refractivity contribution in [1.29, 1.82) is 0 Å². The van der Waals surface area contributed by atoms with E-state index in [2.05, 4.69) is 20.9 Å². The van der Waals surface area contributed by atoms with Crippen LogP contribution in [0.25, 0.3) is 0 Å². The van der Waals surface area contributed by atoms with Crippen molar-refractivity contribution in [1.82, 2.24) is 4.98 Å². The molecular weight excluding hydrogens is 262 g/mol. The van der Waals surface area contributed by atoms with Crippen LogP contribution in [0.15, 0.2) is 22.9 Å². The summed E-state index contributed by atoms with van der Waals surface area (Å²) in [4.78, 5) is 15.0. The van der Waals surface area contributed by atoms with E-state index in [-0.39, 0.29) is 18.7 Å². The molecule has 0 aliphatic rings. The minimum absolute atomic E-state index is 0.101. The number of pyridine rings is 1. The van der Waals surface area contributed by atoms with Gasteiger partial charge in [0.15, 0.2) is 6.61 Å². The van der Waals surface area contributed by atoms with Crippen molar-refractivity contribution in [2.75, 3.05) is 6.61 Å². The number of hydrogen-bond donors (Lipinski definition) is 0. The number of nitrogens with zero attached hydrogens (tertiary/aromatic N) is 1. The van der Waals surface area contributed by atoms with Crippen LogP contribution in [-0.4, -0.2) is 23.7 Å². The SMILES string of the molecule is CC(C)OC(=O)COc1cncc(Br)c1. The average Bonchev–Trinajstić information content (AvgIpc) is 2.14. The maximum absolute atomic E-state index is 11.1. The average molecular weight is 274 g/mol. The van der Waals surface area contributed by atoms with E-state index in [0.717, 1.165) is 4.47 Å². The zero-order valence-electron chi connectivity index (χ0n) is 8.57. The van der Waals surface area contributed by atoms with E-state index >= 15 is 0 Å². The van der Waals surface area contributed by atoms with Gasteiger partial charge in [0.25, 0.3) is 0 Å². The molecule has 0 saturated carbocycles. The highest BCUT2D eigenvalue weighted by Gasteiger charge is 2.06. The van der Waals surface area contributed by atoms with Crippen LogP contribution >= 0.6 is 15.9 Å². The van der Waals surface area contributed by atoms with Crippen molar-refractivity contribution < 1.29 is 14.3 Å². The Hall–Kier alpha value is -1.10. The maximum atomic E-state index is 11.1. The monoisotopic (exact) mass is 273 g/mol. The first kappa shape index (κ1) is 12.0. The Balaban J connectivity index is 2.40. The number of halogens is 1. The Morgan fingerprint density at radius 2 is 2.27 bits per heavy atom. The molecule has 15 heavy (non-hydrogen) atoms. The van der Waals surface area contributed by atoms with Crippen molar-refractivity contribution >= 4 is 21.9 Å². The number of carbonyl (C=O) groups is 1. The fourth-order valence-electron chi connectivity index (χ4n) is 0.910. The Kier molecular flexibility index (Phi) is 4.55. The quantitative estimate of drug-likeness (QED) is 0.789. The first-order valence-corrected chi connectivity index (χ1v) is 5.30. The van der Waals surface area contributed by atoms with E-state index in [9.17, 15) is 4.79 Å². The fourth-order valence-corrected chi connectivity index (χ4v) is 1.25. The zero-order valence-corrected chi connectivity index (χ0v) is 10.2. The third-order valence-electron chi connectivity index (χ3n) is 1.40. The molecule has 0 bridgehead atoms. The van der Waals surface area contributed by atoms with E-state index < -0.39 is 0 Å². The van der Waals surface area contributed by atoms with Crippen molar-refractivity contribution in [3.05, 3.63) is 22.9 Å². The highest BCUT2D eigenvalue weighted by atomic mass is 79.9. The fraction of sp³-hybridized carbons (Fsp3) is 0.400. The highest BCUT2D eigenvalue weighted by molar-refractivity contribution is 9.10. The van der Waals surface area contributed by atoms with Gasteiger partial charge in [-0.15, -0.1) is 0 Å². The lowest BCUT2D eigenvalue weighted by Gasteiger charge is -2.08. The lowest BCUT2D eigenvalue weighted by Crippen LogP contribution is -2.18. The molecule has 1 heterocycles. The molecule has 0 radical (unpaired) electrons. The smallest absolute Gasteiger partial charge is 0.344 e. The summed E-state index contributed by atoms with van der Waals surface area (Å²) in [6.45, 7) is 3.48. The normalized spacial score (nSPS) is 10.1. The van der Waals surface area contributed by atoms with Gasteiger partial charge >= 0.3 is 5.97 Å². The van der Waals surface area contributed by atoms with Gasteiger partial charge in [-0.2, -0.15) is 0 Å². The van der Waals surface area contributed by atoms with Gasteiger partial charge in [0, 0.05) is 10.7 Å². The Morgan fingerprint density at radius 3 is 2.87 bits per heavy atom. The van der Waals surface area contributed by atoms with Gasteiger partial charge < -0.3 is 9.47 Å². The number of aromatic nitrogens is 1. The van der Waals surface area contributed by atoms with Crippen LogP contribution < -0.4 is 4.74 Å². The molecule has 1 rings (SSSR count). The summed E-state index contributed by atoms with van der Waals surface area (Å²) in [7, 11) is 0. The van der Waals surface area contributed by atoms with Gasteiger partial charge in [0.2, 0.25) is 0 Å². The molecule has 0 fully saturated rings. The number of hydrogen-bond acceptors (Lipinski definition) is 4. The summed E-state index contributed by atoms with van der Waals surface area (Å²) in [6.07, 6.45) is 3.05. The molecule has 0 aliphatic heterocycles. The Morgan fingerprint density at radius 1 is 1.53 bits per heavy atom. The molecule has 82 valence electrons. The molecule has 0 atom stereocenters. The maximum Gasteiger partial charge on any atom is 0.344 e. The Labute approximate surface area is 96.7 Å². The van der Waals surface area contributed by atoms with Crippen LogP contribution in [0.1, 0.15) is 13.8 Å². The molecule has 0 spiro atoms. The predicted octanol–water partition coefficient (Wildman–Crippen LogP) is 2.17. The van der Waals surface area contributed by atoms with Gasteiger partial charge in [-0.3, -0.25) is 4.98 Å². The molecule has 1 aromatic heterocycles. The number of carbonyl (C=O) groups excluding carboxylic acids is 1. The van der Waals surface area contributed by atoms with Gasteiger partial charge in [0.05, 0.1) is 12.3 Å². The lowest BCUT2D eigenvalue weighted by atomic mass is 10.4. The molecule has 0 amide bonds.